The molecule has 1 aliphatic rings. The van der Waals surface area contributed by atoms with Gasteiger partial charge in [-0.05, 0) is 49.7 Å². The minimum Gasteiger partial charge on any atom is -0.397 e. The number of nitrogens with zero attached hydrogens (tertiary/aromatic N) is 6. The van der Waals surface area contributed by atoms with Crippen molar-refractivity contribution in [3.8, 4) is 22.5 Å². The van der Waals surface area contributed by atoms with Gasteiger partial charge in [-0.2, -0.15) is 0 Å². The van der Waals surface area contributed by atoms with E-state index in [0.717, 1.165) is 47.5 Å². The lowest BCUT2D eigenvalue weighted by molar-refractivity contribution is 0.220. The van der Waals surface area contributed by atoms with E-state index in [9.17, 15) is 0 Å². The molecule has 0 spiro atoms. The summed E-state index contributed by atoms with van der Waals surface area (Å²) in [6.45, 7) is 2.96. The van der Waals surface area contributed by atoms with Crippen molar-refractivity contribution in [1.82, 2.24) is 34.8 Å². The number of rotatable bonds is 6. The molecule has 186 valence electrons. The molecular formula is C28H27FN8. The minimum absolute atomic E-state index is 0.185. The number of piperidine rings is 1. The molecule has 0 saturated carbocycles. The van der Waals surface area contributed by atoms with Crippen LogP contribution in [0.4, 0.5) is 10.1 Å². The summed E-state index contributed by atoms with van der Waals surface area (Å²) in [5.41, 5.74) is 11.8. The second kappa shape index (κ2) is 10.0. The van der Waals surface area contributed by atoms with Crippen LogP contribution >= 0.6 is 0 Å². The Morgan fingerprint density at radius 2 is 1.84 bits per heavy atom. The summed E-state index contributed by atoms with van der Waals surface area (Å²) in [7, 11) is 0. The van der Waals surface area contributed by atoms with Crippen LogP contribution in [0.5, 0.6) is 0 Å². The van der Waals surface area contributed by atoms with E-state index < -0.39 is 5.82 Å². The van der Waals surface area contributed by atoms with E-state index in [-0.39, 0.29) is 17.8 Å². The number of aromatic amines is 1. The Labute approximate surface area is 213 Å². The average molecular weight is 495 g/mol. The zero-order valence-electron chi connectivity index (χ0n) is 20.4. The summed E-state index contributed by atoms with van der Waals surface area (Å²) in [5, 5.41) is 0. The molecule has 0 amide bonds. The smallest absolute Gasteiger partial charge is 0.155 e. The highest BCUT2D eigenvalue weighted by atomic mass is 19.1. The molecule has 6 rings (SSSR count). The molecule has 0 bridgehead atoms. The van der Waals surface area contributed by atoms with Crippen LogP contribution in [-0.4, -0.2) is 47.9 Å². The zero-order chi connectivity index (χ0) is 25.2. The number of pyridine rings is 4. The van der Waals surface area contributed by atoms with Gasteiger partial charge < -0.3 is 10.7 Å². The lowest BCUT2D eigenvalue weighted by Crippen LogP contribution is -2.29. The molecule has 8 nitrogen and oxygen atoms in total. The number of hydrogen-bond acceptors (Lipinski definition) is 7. The molecule has 37 heavy (non-hydrogen) atoms. The van der Waals surface area contributed by atoms with Gasteiger partial charge in [-0.3, -0.25) is 24.8 Å². The number of nitrogens with two attached hydrogens (primary N) is 1. The van der Waals surface area contributed by atoms with Crippen molar-refractivity contribution in [1.29, 1.82) is 0 Å². The number of anilines is 1. The lowest BCUT2D eigenvalue weighted by Gasteiger charge is -2.26. The fraction of sp³-hybridized carbons (Fsp3) is 0.250. The average Bonchev–Trinajstić information content (AvgIpc) is 3.35. The van der Waals surface area contributed by atoms with Crippen LogP contribution < -0.4 is 5.73 Å². The van der Waals surface area contributed by atoms with Crippen molar-refractivity contribution in [3.63, 3.8) is 0 Å². The van der Waals surface area contributed by atoms with Gasteiger partial charge in [0, 0.05) is 54.4 Å². The molecule has 0 aliphatic carbocycles. The third-order valence-corrected chi connectivity index (χ3v) is 6.81. The Balaban J connectivity index is 1.31. The number of aromatic nitrogens is 6. The van der Waals surface area contributed by atoms with Crippen LogP contribution in [0.15, 0.2) is 61.4 Å². The zero-order valence-corrected chi connectivity index (χ0v) is 20.4. The highest BCUT2D eigenvalue weighted by Gasteiger charge is 2.19. The molecule has 5 aromatic heterocycles. The molecular weight excluding hydrogens is 467 g/mol. The summed E-state index contributed by atoms with van der Waals surface area (Å²) in [6.07, 6.45) is 14.1. The molecule has 0 aromatic carbocycles. The SMILES string of the molecule is Nc1cnc(-c2cncc(CN3CCCCC3)c2)c(F)c1Cc1nc2c(-c3ccccn3)cncc2[nH]1. The first-order chi connectivity index (χ1) is 18.2. The van der Waals surface area contributed by atoms with E-state index in [4.69, 9.17) is 10.7 Å². The van der Waals surface area contributed by atoms with Gasteiger partial charge in [-0.1, -0.05) is 12.5 Å². The van der Waals surface area contributed by atoms with Gasteiger partial charge in [0.25, 0.3) is 0 Å². The molecule has 1 fully saturated rings. The third kappa shape index (κ3) is 4.77. The van der Waals surface area contributed by atoms with Crippen LogP contribution in [0.2, 0.25) is 0 Å². The number of fused-ring (bicyclic) bond motifs is 1. The molecule has 1 aliphatic heterocycles. The van der Waals surface area contributed by atoms with Crippen molar-refractivity contribution in [3.05, 3.63) is 84.2 Å². The lowest BCUT2D eigenvalue weighted by atomic mass is 10.0. The monoisotopic (exact) mass is 494 g/mol. The molecule has 3 N–H and O–H groups in total. The summed E-state index contributed by atoms with van der Waals surface area (Å²) in [4.78, 5) is 27.9. The number of halogens is 1. The quantitative estimate of drug-likeness (QED) is 0.350. The van der Waals surface area contributed by atoms with Crippen LogP contribution in [0.25, 0.3) is 33.5 Å². The molecule has 5 aromatic rings. The fourth-order valence-electron chi connectivity index (χ4n) is 4.94. The number of H-pyrrole nitrogens is 1. The normalized spacial score (nSPS) is 14.3. The van der Waals surface area contributed by atoms with Gasteiger partial charge in [-0.25, -0.2) is 9.37 Å². The maximum Gasteiger partial charge on any atom is 0.155 e. The van der Waals surface area contributed by atoms with Crippen LogP contribution in [0.3, 0.4) is 0 Å². The maximum atomic E-state index is 15.9. The number of hydrogen-bond donors (Lipinski definition) is 2. The fourth-order valence-corrected chi connectivity index (χ4v) is 4.94. The van der Waals surface area contributed by atoms with Crippen molar-refractivity contribution in [2.24, 2.45) is 0 Å². The molecule has 0 unspecified atom stereocenters. The number of nitrogen functional groups attached to an aromatic ring is 1. The number of nitrogens with one attached hydrogen (secondary N) is 1. The van der Waals surface area contributed by atoms with Gasteiger partial charge >= 0.3 is 0 Å². The van der Waals surface area contributed by atoms with E-state index in [1.54, 1.807) is 24.8 Å². The summed E-state index contributed by atoms with van der Waals surface area (Å²) < 4.78 is 15.9. The summed E-state index contributed by atoms with van der Waals surface area (Å²) in [6, 6.07) is 7.65. The van der Waals surface area contributed by atoms with Gasteiger partial charge in [0.05, 0.1) is 29.3 Å². The van der Waals surface area contributed by atoms with Crippen molar-refractivity contribution < 1.29 is 4.39 Å². The maximum absolute atomic E-state index is 15.9. The topological polar surface area (TPSA) is 110 Å². The van der Waals surface area contributed by atoms with E-state index in [1.807, 2.05) is 30.5 Å². The second-order valence-electron chi connectivity index (χ2n) is 9.43. The Hall–Kier alpha value is -4.24. The van der Waals surface area contributed by atoms with Crippen molar-refractivity contribution >= 4 is 16.7 Å². The standard InChI is InChI=1S/C28H27FN8/c29-26-20(11-25-35-24-16-32-14-21(28(24)36-25)23-6-2-3-7-33-23)22(30)15-34-27(26)19-10-18(12-31-13-19)17-37-8-4-1-5-9-37/h2-3,6-7,10,12-16H,1,4-5,8-9,11,17,30H2,(H,35,36). The van der Waals surface area contributed by atoms with E-state index in [1.165, 1.54) is 25.5 Å². The highest BCUT2D eigenvalue weighted by Crippen LogP contribution is 2.30. The predicted molar refractivity (Wildman–Crippen MR) is 141 cm³/mol. The molecule has 1 saturated heterocycles. The number of imidazole rings is 1. The largest absolute Gasteiger partial charge is 0.397 e. The Bertz CT molecular complexity index is 1540. The summed E-state index contributed by atoms with van der Waals surface area (Å²) >= 11 is 0. The summed E-state index contributed by atoms with van der Waals surface area (Å²) in [5.74, 6) is 0.125. The Morgan fingerprint density at radius 1 is 0.973 bits per heavy atom. The first-order valence-corrected chi connectivity index (χ1v) is 12.5. The van der Waals surface area contributed by atoms with Crippen molar-refractivity contribution in [2.75, 3.05) is 18.8 Å². The molecule has 6 heterocycles. The van der Waals surface area contributed by atoms with Gasteiger partial charge in [0.2, 0.25) is 0 Å². The van der Waals surface area contributed by atoms with Crippen LogP contribution in [0.1, 0.15) is 36.2 Å². The van der Waals surface area contributed by atoms with Gasteiger partial charge in [0.15, 0.2) is 5.82 Å². The van der Waals surface area contributed by atoms with Crippen LogP contribution in [0, 0.1) is 5.82 Å². The van der Waals surface area contributed by atoms with E-state index >= 15 is 4.39 Å². The third-order valence-electron chi connectivity index (χ3n) is 6.81. The van der Waals surface area contributed by atoms with E-state index in [0.29, 0.717) is 17.0 Å². The van der Waals surface area contributed by atoms with Gasteiger partial charge in [0.1, 0.15) is 17.0 Å². The van der Waals surface area contributed by atoms with Crippen LogP contribution in [-0.2, 0) is 13.0 Å². The van der Waals surface area contributed by atoms with E-state index in [2.05, 4.69) is 29.8 Å². The molecule has 0 atom stereocenters. The van der Waals surface area contributed by atoms with Crippen molar-refractivity contribution in [2.45, 2.75) is 32.2 Å². The second-order valence-corrected chi connectivity index (χ2v) is 9.43. The molecule has 0 radical (unpaired) electrons. The first-order valence-electron chi connectivity index (χ1n) is 12.5. The number of likely N-dealkylation sites (tertiary alicyclic amines) is 1. The Kier molecular flexibility index (Phi) is 6.28. The minimum atomic E-state index is -0.458. The Morgan fingerprint density at radius 3 is 2.68 bits per heavy atom. The predicted octanol–water partition coefficient (Wildman–Crippen LogP) is 4.77. The molecule has 9 heteroatoms. The first kappa shape index (κ1) is 23.2. The highest BCUT2D eigenvalue weighted by molar-refractivity contribution is 5.89. The van der Waals surface area contributed by atoms with Gasteiger partial charge in [-0.15, -0.1) is 0 Å².